The van der Waals surface area contributed by atoms with E-state index in [0.29, 0.717) is 17.3 Å². The lowest BCUT2D eigenvalue weighted by Gasteiger charge is -2.16. The molecule has 0 aliphatic heterocycles. The summed E-state index contributed by atoms with van der Waals surface area (Å²) in [7, 11) is 0. The molecule has 0 radical (unpaired) electrons. The second kappa shape index (κ2) is 7.79. The summed E-state index contributed by atoms with van der Waals surface area (Å²) in [5, 5.41) is 12.5. The first kappa shape index (κ1) is 17.6. The molecule has 0 spiro atoms. The van der Waals surface area contributed by atoms with E-state index in [1.54, 1.807) is 24.3 Å². The van der Waals surface area contributed by atoms with Crippen LogP contribution in [-0.2, 0) is 17.8 Å². The number of para-hydroxylation sites is 1. The number of amides is 1. The van der Waals surface area contributed by atoms with Crippen LogP contribution in [0.15, 0.2) is 64.2 Å². The summed E-state index contributed by atoms with van der Waals surface area (Å²) in [5.41, 5.74) is 0.222. The summed E-state index contributed by atoms with van der Waals surface area (Å²) in [6, 6.07) is 15.5. The quantitative estimate of drug-likeness (QED) is 0.597. The largest absolute Gasteiger partial charge is 0.394 e. The third kappa shape index (κ3) is 3.89. The molecule has 1 amide bonds. The van der Waals surface area contributed by atoms with Gasteiger partial charge in [-0.1, -0.05) is 42.5 Å². The molecule has 3 aromatic rings. The van der Waals surface area contributed by atoms with Gasteiger partial charge in [-0.25, -0.2) is 4.79 Å². The van der Waals surface area contributed by atoms with Gasteiger partial charge in [-0.15, -0.1) is 0 Å². The molecular weight excluding hydrogens is 334 g/mol. The zero-order valence-electron chi connectivity index (χ0n) is 14.0. The van der Waals surface area contributed by atoms with E-state index in [2.05, 4.69) is 10.3 Å². The molecule has 0 aliphatic carbocycles. The smallest absolute Gasteiger partial charge is 0.329 e. The second-order valence-electron chi connectivity index (χ2n) is 6.00. The van der Waals surface area contributed by atoms with Gasteiger partial charge in [0.05, 0.1) is 23.6 Å². The van der Waals surface area contributed by atoms with Gasteiger partial charge in [0.1, 0.15) is 6.54 Å². The van der Waals surface area contributed by atoms with Crippen LogP contribution in [0.2, 0.25) is 0 Å². The van der Waals surface area contributed by atoms with Gasteiger partial charge in [0.25, 0.3) is 5.56 Å². The Labute approximate surface area is 148 Å². The number of carbonyl (C=O) groups is 1. The summed E-state index contributed by atoms with van der Waals surface area (Å²) < 4.78 is 0.856. The number of aromatic nitrogens is 2. The van der Waals surface area contributed by atoms with Crippen LogP contribution in [0.5, 0.6) is 0 Å². The average molecular weight is 353 g/mol. The summed E-state index contributed by atoms with van der Waals surface area (Å²) >= 11 is 0. The van der Waals surface area contributed by atoms with Crippen LogP contribution in [0.3, 0.4) is 0 Å². The predicted molar refractivity (Wildman–Crippen MR) is 98.0 cm³/mol. The Morgan fingerprint density at radius 2 is 1.77 bits per heavy atom. The summed E-state index contributed by atoms with van der Waals surface area (Å²) in [6.45, 7) is -0.659. The topological polar surface area (TPSA) is 104 Å². The van der Waals surface area contributed by atoms with Crippen LogP contribution >= 0.6 is 0 Å². The SMILES string of the molecule is O=C(Cn1c(=O)[nH]c2ccccc2c1=O)N[C@H](CO)Cc1ccccc1. The number of benzene rings is 2. The number of aromatic amines is 1. The van der Waals surface area contributed by atoms with Crippen molar-refractivity contribution in [3.63, 3.8) is 0 Å². The number of aliphatic hydroxyl groups is 1. The molecule has 2 aromatic carbocycles. The zero-order valence-corrected chi connectivity index (χ0v) is 14.0. The Morgan fingerprint density at radius 1 is 1.08 bits per heavy atom. The molecule has 1 aromatic heterocycles. The minimum Gasteiger partial charge on any atom is -0.394 e. The Balaban J connectivity index is 1.76. The Bertz CT molecular complexity index is 1020. The van der Waals surface area contributed by atoms with Crippen molar-refractivity contribution in [1.29, 1.82) is 0 Å². The maximum atomic E-state index is 12.4. The van der Waals surface area contributed by atoms with E-state index in [9.17, 15) is 19.5 Å². The molecule has 0 unspecified atom stereocenters. The van der Waals surface area contributed by atoms with E-state index in [1.807, 2.05) is 30.3 Å². The number of H-pyrrole nitrogens is 1. The van der Waals surface area contributed by atoms with E-state index in [-0.39, 0.29) is 6.61 Å². The minimum atomic E-state index is -0.646. The number of nitrogens with one attached hydrogen (secondary N) is 2. The molecule has 0 bridgehead atoms. The lowest BCUT2D eigenvalue weighted by Crippen LogP contribution is -2.45. The van der Waals surface area contributed by atoms with Crippen molar-refractivity contribution in [2.75, 3.05) is 6.61 Å². The fraction of sp³-hybridized carbons (Fsp3) is 0.211. The van der Waals surface area contributed by atoms with E-state index in [0.717, 1.165) is 10.1 Å². The van der Waals surface area contributed by atoms with Gasteiger partial charge in [-0.05, 0) is 24.1 Å². The lowest BCUT2D eigenvalue weighted by atomic mass is 10.1. The Hall–Kier alpha value is -3.19. The molecule has 7 heteroatoms. The minimum absolute atomic E-state index is 0.246. The third-order valence-electron chi connectivity index (χ3n) is 4.10. The number of hydrogen-bond donors (Lipinski definition) is 3. The number of fused-ring (bicyclic) bond motifs is 1. The van der Waals surface area contributed by atoms with Crippen LogP contribution < -0.4 is 16.6 Å². The molecule has 1 heterocycles. The molecule has 0 fully saturated rings. The molecule has 3 N–H and O–H groups in total. The van der Waals surface area contributed by atoms with Gasteiger partial charge < -0.3 is 15.4 Å². The van der Waals surface area contributed by atoms with Gasteiger partial charge in [0, 0.05) is 0 Å². The first-order valence-corrected chi connectivity index (χ1v) is 8.24. The second-order valence-corrected chi connectivity index (χ2v) is 6.00. The van der Waals surface area contributed by atoms with Crippen molar-refractivity contribution in [2.24, 2.45) is 0 Å². The molecular formula is C19H19N3O4. The average Bonchev–Trinajstić information content (AvgIpc) is 2.65. The van der Waals surface area contributed by atoms with E-state index in [1.165, 1.54) is 0 Å². The fourth-order valence-electron chi connectivity index (χ4n) is 2.82. The number of hydrogen-bond acceptors (Lipinski definition) is 4. The van der Waals surface area contributed by atoms with Crippen LogP contribution in [0.1, 0.15) is 5.56 Å². The molecule has 26 heavy (non-hydrogen) atoms. The number of carbonyl (C=O) groups excluding carboxylic acids is 1. The molecule has 1 atom stereocenters. The van der Waals surface area contributed by atoms with Crippen molar-refractivity contribution in [1.82, 2.24) is 14.9 Å². The highest BCUT2D eigenvalue weighted by atomic mass is 16.3. The fourth-order valence-corrected chi connectivity index (χ4v) is 2.82. The first-order valence-electron chi connectivity index (χ1n) is 8.24. The highest BCUT2D eigenvalue weighted by Crippen LogP contribution is 2.04. The van der Waals surface area contributed by atoms with E-state index >= 15 is 0 Å². The standard InChI is InChI=1S/C19H19N3O4/c23-12-14(10-13-6-2-1-3-7-13)20-17(24)11-22-18(25)15-8-4-5-9-16(15)21-19(22)26/h1-9,14,23H,10-12H2,(H,20,24)(H,21,26)/t14-/m0/s1. The van der Waals surface area contributed by atoms with Crippen molar-refractivity contribution in [2.45, 2.75) is 19.0 Å². The van der Waals surface area contributed by atoms with Crippen molar-refractivity contribution >= 4 is 16.8 Å². The summed E-state index contributed by atoms with van der Waals surface area (Å²) in [4.78, 5) is 39.4. The van der Waals surface area contributed by atoms with Crippen molar-refractivity contribution < 1.29 is 9.90 Å². The Morgan fingerprint density at radius 3 is 2.50 bits per heavy atom. The molecule has 134 valence electrons. The van der Waals surface area contributed by atoms with Crippen molar-refractivity contribution in [3.05, 3.63) is 81.0 Å². The van der Waals surface area contributed by atoms with E-state index < -0.39 is 29.7 Å². The Kier molecular flexibility index (Phi) is 5.28. The number of nitrogens with zero attached hydrogens (tertiary/aromatic N) is 1. The summed E-state index contributed by atoms with van der Waals surface area (Å²) in [6.07, 6.45) is 0.450. The predicted octanol–water partition coefficient (Wildman–Crippen LogP) is 0.410. The van der Waals surface area contributed by atoms with Crippen LogP contribution in [0.4, 0.5) is 0 Å². The maximum absolute atomic E-state index is 12.4. The molecule has 0 saturated heterocycles. The zero-order chi connectivity index (χ0) is 18.5. The maximum Gasteiger partial charge on any atom is 0.329 e. The van der Waals surface area contributed by atoms with Crippen LogP contribution in [0, 0.1) is 0 Å². The van der Waals surface area contributed by atoms with Gasteiger partial charge >= 0.3 is 5.69 Å². The molecule has 0 aliphatic rings. The molecule has 3 rings (SSSR count). The van der Waals surface area contributed by atoms with Gasteiger partial charge in [0.2, 0.25) is 5.91 Å². The van der Waals surface area contributed by atoms with Gasteiger partial charge in [0.15, 0.2) is 0 Å². The molecule has 0 saturated carbocycles. The van der Waals surface area contributed by atoms with Gasteiger partial charge in [-0.2, -0.15) is 0 Å². The monoisotopic (exact) mass is 353 g/mol. The van der Waals surface area contributed by atoms with Crippen LogP contribution in [-0.4, -0.2) is 33.2 Å². The van der Waals surface area contributed by atoms with Crippen molar-refractivity contribution in [3.8, 4) is 0 Å². The lowest BCUT2D eigenvalue weighted by molar-refractivity contribution is -0.122. The van der Waals surface area contributed by atoms with Crippen LogP contribution in [0.25, 0.3) is 10.9 Å². The highest BCUT2D eigenvalue weighted by molar-refractivity contribution is 5.79. The van der Waals surface area contributed by atoms with E-state index in [4.69, 9.17) is 0 Å². The molecule has 7 nitrogen and oxygen atoms in total. The summed E-state index contributed by atoms with van der Waals surface area (Å²) in [5.74, 6) is -0.511. The third-order valence-corrected chi connectivity index (χ3v) is 4.10. The normalized spacial score (nSPS) is 12.0. The highest BCUT2D eigenvalue weighted by Gasteiger charge is 2.15. The number of aliphatic hydroxyl groups excluding tert-OH is 1. The number of rotatable bonds is 6. The first-order chi connectivity index (χ1) is 12.6. The van der Waals surface area contributed by atoms with Gasteiger partial charge in [-0.3, -0.25) is 14.2 Å².